The van der Waals surface area contributed by atoms with E-state index in [4.69, 9.17) is 16.3 Å². The second-order valence-electron chi connectivity index (χ2n) is 7.00. The van der Waals surface area contributed by atoms with E-state index in [0.717, 1.165) is 10.5 Å². The summed E-state index contributed by atoms with van der Waals surface area (Å²) in [6.07, 6.45) is 0. The molecule has 2 amide bonds. The SMILES string of the molecule is CCOc1ccc(C2=C(Sc3ccc(Cl)cc3)C(=O)N(c3cccc(C)c3)C2=O)cc1. The summed E-state index contributed by atoms with van der Waals surface area (Å²) in [6.45, 7) is 4.40. The third kappa shape index (κ3) is 4.38. The molecule has 4 rings (SSSR count). The van der Waals surface area contributed by atoms with Gasteiger partial charge in [0.1, 0.15) is 5.75 Å². The van der Waals surface area contributed by atoms with E-state index >= 15 is 0 Å². The van der Waals surface area contributed by atoms with Gasteiger partial charge in [0.25, 0.3) is 11.8 Å². The van der Waals surface area contributed by atoms with Gasteiger partial charge in [0.2, 0.25) is 0 Å². The second kappa shape index (κ2) is 9.00. The molecule has 0 aliphatic carbocycles. The zero-order chi connectivity index (χ0) is 22.0. The Balaban J connectivity index is 1.79. The lowest BCUT2D eigenvalue weighted by molar-refractivity contribution is -0.119. The van der Waals surface area contributed by atoms with Gasteiger partial charge in [-0.15, -0.1) is 0 Å². The molecule has 1 aliphatic rings. The highest BCUT2D eigenvalue weighted by molar-refractivity contribution is 8.04. The predicted molar refractivity (Wildman–Crippen MR) is 126 cm³/mol. The van der Waals surface area contributed by atoms with Gasteiger partial charge in [0, 0.05) is 9.92 Å². The molecule has 0 radical (unpaired) electrons. The molecule has 0 saturated heterocycles. The molecule has 6 heteroatoms. The molecule has 3 aromatic rings. The summed E-state index contributed by atoms with van der Waals surface area (Å²) in [7, 11) is 0. The second-order valence-corrected chi connectivity index (χ2v) is 8.52. The summed E-state index contributed by atoms with van der Waals surface area (Å²) in [5.74, 6) is 0.0433. The smallest absolute Gasteiger partial charge is 0.272 e. The fourth-order valence-corrected chi connectivity index (χ4v) is 4.49. The minimum absolute atomic E-state index is 0.334. The first-order valence-corrected chi connectivity index (χ1v) is 11.0. The molecule has 4 nitrogen and oxygen atoms in total. The van der Waals surface area contributed by atoms with Crippen molar-refractivity contribution in [1.82, 2.24) is 0 Å². The molecule has 0 saturated carbocycles. The van der Waals surface area contributed by atoms with Gasteiger partial charge in [-0.25, -0.2) is 4.90 Å². The first-order chi connectivity index (χ1) is 15.0. The lowest BCUT2D eigenvalue weighted by Crippen LogP contribution is -2.31. The Morgan fingerprint density at radius 3 is 2.29 bits per heavy atom. The Labute approximate surface area is 190 Å². The maximum Gasteiger partial charge on any atom is 0.272 e. The number of imide groups is 1. The van der Waals surface area contributed by atoms with Crippen LogP contribution in [0.25, 0.3) is 5.57 Å². The van der Waals surface area contributed by atoms with Gasteiger partial charge in [0.05, 0.1) is 22.8 Å². The summed E-state index contributed by atoms with van der Waals surface area (Å²) in [6, 6.07) is 21.8. The standard InChI is InChI=1S/C25H20ClNO3S/c1-3-30-20-11-7-17(8-12-20)22-23(31-21-13-9-18(26)10-14-21)25(29)27(24(22)28)19-6-4-5-16(2)15-19/h4-15H,3H2,1-2H3. The number of benzene rings is 3. The monoisotopic (exact) mass is 449 g/mol. The number of thioether (sulfide) groups is 1. The molecule has 0 aromatic heterocycles. The molecule has 0 atom stereocenters. The van der Waals surface area contributed by atoms with E-state index in [-0.39, 0.29) is 11.8 Å². The summed E-state index contributed by atoms with van der Waals surface area (Å²) < 4.78 is 5.51. The first kappa shape index (κ1) is 21.2. The number of rotatable bonds is 6. The third-order valence-corrected chi connectivity index (χ3v) is 6.13. The molecular formula is C25H20ClNO3S. The summed E-state index contributed by atoms with van der Waals surface area (Å²) in [4.78, 5) is 29.4. The van der Waals surface area contributed by atoms with Crippen molar-refractivity contribution in [1.29, 1.82) is 0 Å². The van der Waals surface area contributed by atoms with Gasteiger partial charge in [0.15, 0.2) is 0 Å². The van der Waals surface area contributed by atoms with E-state index in [1.165, 1.54) is 16.7 Å². The molecule has 31 heavy (non-hydrogen) atoms. The average Bonchev–Trinajstić information content (AvgIpc) is 3.00. The molecule has 156 valence electrons. The highest BCUT2D eigenvalue weighted by Crippen LogP contribution is 2.42. The molecule has 0 spiro atoms. The third-order valence-electron chi connectivity index (χ3n) is 4.79. The zero-order valence-electron chi connectivity index (χ0n) is 17.1. The molecule has 0 bridgehead atoms. The number of nitrogens with zero attached hydrogens (tertiary/aromatic N) is 1. The van der Waals surface area contributed by atoms with Crippen molar-refractivity contribution in [2.75, 3.05) is 11.5 Å². The molecule has 3 aromatic carbocycles. The number of hydrogen-bond acceptors (Lipinski definition) is 4. The van der Waals surface area contributed by atoms with Crippen molar-refractivity contribution in [2.45, 2.75) is 18.7 Å². The van der Waals surface area contributed by atoms with E-state index in [2.05, 4.69) is 0 Å². The Hall–Kier alpha value is -3.02. The van der Waals surface area contributed by atoms with Gasteiger partial charge >= 0.3 is 0 Å². The van der Waals surface area contributed by atoms with Crippen LogP contribution in [0.3, 0.4) is 0 Å². The molecule has 0 N–H and O–H groups in total. The highest BCUT2D eigenvalue weighted by atomic mass is 35.5. The molecule has 0 fully saturated rings. The number of halogens is 1. The van der Waals surface area contributed by atoms with Crippen LogP contribution >= 0.6 is 23.4 Å². The Kier molecular flexibility index (Phi) is 6.16. The fourth-order valence-electron chi connectivity index (χ4n) is 3.37. The van der Waals surface area contributed by atoms with Crippen molar-refractivity contribution in [2.24, 2.45) is 0 Å². The summed E-state index contributed by atoms with van der Waals surface area (Å²) in [5, 5.41) is 0.611. The van der Waals surface area contributed by atoms with Crippen LogP contribution in [0.2, 0.25) is 5.02 Å². The van der Waals surface area contributed by atoms with Crippen molar-refractivity contribution >= 4 is 46.4 Å². The topological polar surface area (TPSA) is 46.6 Å². The molecule has 1 aliphatic heterocycles. The van der Waals surface area contributed by atoms with E-state index < -0.39 is 0 Å². The number of aryl methyl sites for hydroxylation is 1. The van der Waals surface area contributed by atoms with E-state index in [9.17, 15) is 9.59 Å². The van der Waals surface area contributed by atoms with Crippen LogP contribution in [0.15, 0.2) is 82.6 Å². The molecular weight excluding hydrogens is 430 g/mol. The summed E-state index contributed by atoms with van der Waals surface area (Å²) in [5.41, 5.74) is 2.59. The van der Waals surface area contributed by atoms with Crippen LogP contribution in [0, 0.1) is 6.92 Å². The van der Waals surface area contributed by atoms with Crippen LogP contribution in [0.5, 0.6) is 5.75 Å². The number of ether oxygens (including phenoxy) is 1. The maximum atomic E-state index is 13.5. The quantitative estimate of drug-likeness (QED) is 0.425. The van der Waals surface area contributed by atoms with Crippen molar-refractivity contribution in [3.8, 4) is 5.75 Å². The Morgan fingerprint density at radius 1 is 0.935 bits per heavy atom. The van der Waals surface area contributed by atoms with Crippen molar-refractivity contribution in [3.63, 3.8) is 0 Å². The van der Waals surface area contributed by atoms with Gasteiger partial charge in [-0.05, 0) is 73.5 Å². The van der Waals surface area contributed by atoms with E-state index in [1.807, 2.05) is 68.4 Å². The molecule has 0 unspecified atom stereocenters. The lowest BCUT2D eigenvalue weighted by atomic mass is 10.1. The van der Waals surface area contributed by atoms with Crippen LogP contribution in [-0.4, -0.2) is 18.4 Å². The Morgan fingerprint density at radius 2 is 1.65 bits per heavy atom. The fraction of sp³-hybridized carbons (Fsp3) is 0.120. The lowest BCUT2D eigenvalue weighted by Gasteiger charge is -2.15. The van der Waals surface area contributed by atoms with Crippen LogP contribution in [-0.2, 0) is 9.59 Å². The minimum atomic E-state index is -0.337. The van der Waals surface area contributed by atoms with Crippen molar-refractivity contribution in [3.05, 3.63) is 93.9 Å². The van der Waals surface area contributed by atoms with Crippen LogP contribution in [0.1, 0.15) is 18.1 Å². The van der Waals surface area contributed by atoms with Crippen LogP contribution in [0.4, 0.5) is 5.69 Å². The van der Waals surface area contributed by atoms with Crippen LogP contribution < -0.4 is 9.64 Å². The maximum absolute atomic E-state index is 13.5. The van der Waals surface area contributed by atoms with Crippen molar-refractivity contribution < 1.29 is 14.3 Å². The van der Waals surface area contributed by atoms with Gasteiger partial charge < -0.3 is 4.74 Å². The van der Waals surface area contributed by atoms with Gasteiger partial charge in [-0.2, -0.15) is 0 Å². The first-order valence-electron chi connectivity index (χ1n) is 9.84. The van der Waals surface area contributed by atoms with Gasteiger partial charge in [-0.1, -0.05) is 47.6 Å². The highest BCUT2D eigenvalue weighted by Gasteiger charge is 2.40. The van der Waals surface area contributed by atoms with E-state index in [1.54, 1.807) is 18.2 Å². The van der Waals surface area contributed by atoms with E-state index in [0.29, 0.717) is 39.1 Å². The van der Waals surface area contributed by atoms with Gasteiger partial charge in [-0.3, -0.25) is 9.59 Å². The number of amides is 2. The summed E-state index contributed by atoms with van der Waals surface area (Å²) >= 11 is 7.27. The zero-order valence-corrected chi connectivity index (χ0v) is 18.7. The number of hydrogen-bond donors (Lipinski definition) is 0. The normalized spacial score (nSPS) is 13.8. The molecule has 1 heterocycles. The predicted octanol–water partition coefficient (Wildman–Crippen LogP) is 6.12. The largest absolute Gasteiger partial charge is 0.494 e. The average molecular weight is 450 g/mol. The number of carbonyl (C=O) groups is 2. The number of carbonyl (C=O) groups excluding carboxylic acids is 2. The minimum Gasteiger partial charge on any atom is -0.494 e. The Bertz CT molecular complexity index is 1170. The number of anilines is 1.